The molecule has 2 nitrogen and oxygen atoms in total. The first-order valence-electron chi connectivity index (χ1n) is 12.4. The highest BCUT2D eigenvalue weighted by atomic mass is 16.5. The van der Waals surface area contributed by atoms with Crippen LogP contribution in [0.25, 0.3) is 0 Å². The van der Waals surface area contributed by atoms with E-state index in [-0.39, 0.29) is 0 Å². The van der Waals surface area contributed by atoms with E-state index in [0.29, 0.717) is 11.5 Å². The van der Waals surface area contributed by atoms with Crippen LogP contribution in [0.5, 0.6) is 5.75 Å². The van der Waals surface area contributed by atoms with Gasteiger partial charge in [-0.3, -0.25) is 4.79 Å². The molecule has 0 spiro atoms. The molecule has 0 aliphatic carbocycles. The first-order valence-corrected chi connectivity index (χ1v) is 12.4. The molecule has 2 heteroatoms. The molecule has 0 aliphatic heterocycles. The van der Waals surface area contributed by atoms with Crippen molar-refractivity contribution < 1.29 is 9.53 Å². The fourth-order valence-electron chi connectivity index (χ4n) is 4.16. The zero-order chi connectivity index (χ0) is 22.4. The van der Waals surface area contributed by atoms with Crippen LogP contribution in [0.1, 0.15) is 110 Å². The van der Waals surface area contributed by atoms with Crippen molar-refractivity contribution >= 4 is 6.29 Å². The van der Waals surface area contributed by atoms with Crippen LogP contribution < -0.4 is 4.74 Å². The molecule has 0 saturated heterocycles. The van der Waals surface area contributed by atoms with Crippen LogP contribution in [0, 0.1) is 30.6 Å². The summed E-state index contributed by atoms with van der Waals surface area (Å²) in [5.74, 6) is 4.15. The fraction of sp³-hybridized carbons (Fsp3) is 0.750. The second kappa shape index (κ2) is 15.5. The molecule has 0 aromatic heterocycles. The van der Waals surface area contributed by atoms with Gasteiger partial charge in [-0.2, -0.15) is 0 Å². The van der Waals surface area contributed by atoms with Crippen LogP contribution in [0.3, 0.4) is 0 Å². The number of benzene rings is 1. The van der Waals surface area contributed by atoms with Gasteiger partial charge < -0.3 is 4.74 Å². The Labute approximate surface area is 187 Å². The number of rotatable bonds is 17. The Kier molecular flexibility index (Phi) is 13.8. The van der Waals surface area contributed by atoms with E-state index in [2.05, 4.69) is 34.6 Å². The minimum Gasteiger partial charge on any atom is -0.494 e. The summed E-state index contributed by atoms with van der Waals surface area (Å²) in [5.41, 5.74) is 1.54. The van der Waals surface area contributed by atoms with E-state index >= 15 is 0 Å². The van der Waals surface area contributed by atoms with Crippen LogP contribution in [0.2, 0.25) is 0 Å². The standard InChI is InChI=1S/C28H47O2/c1-22(2)10-7-11-23(3)12-8-13-24(4)14-9-15-25(5)18-19-30-28-17-16-27(21-29)26(6)20-28/h16-17,20,22-25H,7-15,18-19H2,1-6H3/t23-,24-,25?/m1/s1. The molecular weight excluding hydrogens is 368 g/mol. The summed E-state index contributed by atoms with van der Waals surface area (Å²) in [6.45, 7) is 14.5. The van der Waals surface area contributed by atoms with Crippen LogP contribution in [-0.2, 0) is 4.79 Å². The average molecular weight is 416 g/mol. The second-order valence-electron chi connectivity index (χ2n) is 10.2. The van der Waals surface area contributed by atoms with Crippen molar-refractivity contribution in [2.75, 3.05) is 6.61 Å². The maximum atomic E-state index is 10.8. The van der Waals surface area contributed by atoms with Gasteiger partial charge >= 0.3 is 0 Å². The first-order chi connectivity index (χ1) is 14.3. The van der Waals surface area contributed by atoms with Gasteiger partial charge in [0.15, 0.2) is 0 Å². The summed E-state index contributed by atoms with van der Waals surface area (Å²) in [5, 5.41) is 0. The van der Waals surface area contributed by atoms with E-state index < -0.39 is 0 Å². The molecule has 30 heavy (non-hydrogen) atoms. The van der Waals surface area contributed by atoms with E-state index in [1.165, 1.54) is 57.8 Å². The lowest BCUT2D eigenvalue weighted by Crippen LogP contribution is -2.06. The van der Waals surface area contributed by atoms with Crippen LogP contribution in [0.4, 0.5) is 0 Å². The summed E-state index contributed by atoms with van der Waals surface area (Å²) in [6.07, 6.45) is 15.4. The summed E-state index contributed by atoms with van der Waals surface area (Å²) in [4.78, 5) is 10.8. The summed E-state index contributed by atoms with van der Waals surface area (Å²) >= 11 is 0. The lowest BCUT2D eigenvalue weighted by molar-refractivity contribution is 0.274. The molecule has 0 amide bonds. The molecule has 1 rings (SSSR count). The Bertz CT molecular complexity index is 578. The third-order valence-corrected chi connectivity index (χ3v) is 6.45. The topological polar surface area (TPSA) is 26.3 Å². The number of hydrogen-bond acceptors (Lipinski definition) is 2. The molecule has 1 unspecified atom stereocenters. The van der Waals surface area contributed by atoms with Gasteiger partial charge in [0, 0.05) is 5.56 Å². The number of aryl methyl sites for hydroxylation is 1. The average Bonchev–Trinajstić information content (AvgIpc) is 2.68. The summed E-state index contributed by atoms with van der Waals surface area (Å²) in [6, 6.07) is 5.58. The zero-order valence-corrected chi connectivity index (χ0v) is 20.6. The van der Waals surface area contributed by atoms with Gasteiger partial charge in [-0.05, 0) is 60.8 Å². The van der Waals surface area contributed by atoms with E-state index in [9.17, 15) is 4.79 Å². The third-order valence-electron chi connectivity index (χ3n) is 6.45. The van der Waals surface area contributed by atoms with Crippen molar-refractivity contribution in [1.29, 1.82) is 0 Å². The van der Waals surface area contributed by atoms with E-state index in [1.54, 1.807) is 6.07 Å². The van der Waals surface area contributed by atoms with Crippen molar-refractivity contribution in [3.05, 3.63) is 29.3 Å². The van der Waals surface area contributed by atoms with E-state index in [4.69, 9.17) is 4.74 Å². The largest absolute Gasteiger partial charge is 0.494 e. The minimum atomic E-state index is 0.616. The molecule has 0 N–H and O–H groups in total. The fourth-order valence-corrected chi connectivity index (χ4v) is 4.16. The molecule has 1 radical (unpaired) electrons. The van der Waals surface area contributed by atoms with Gasteiger partial charge in [-0.15, -0.1) is 0 Å². The van der Waals surface area contributed by atoms with Crippen molar-refractivity contribution in [3.63, 3.8) is 0 Å². The molecule has 0 aliphatic rings. The summed E-state index contributed by atoms with van der Waals surface area (Å²) < 4.78 is 5.87. The predicted molar refractivity (Wildman–Crippen MR) is 130 cm³/mol. The molecule has 0 heterocycles. The quantitative estimate of drug-likeness (QED) is 0.256. The Hall–Kier alpha value is -1.31. The van der Waals surface area contributed by atoms with E-state index in [1.807, 2.05) is 25.3 Å². The van der Waals surface area contributed by atoms with Gasteiger partial charge in [-0.1, -0.05) is 92.4 Å². The zero-order valence-electron chi connectivity index (χ0n) is 20.6. The molecular formula is C28H47O2. The maximum absolute atomic E-state index is 10.8. The highest BCUT2D eigenvalue weighted by Crippen LogP contribution is 2.23. The second-order valence-corrected chi connectivity index (χ2v) is 10.2. The Balaban J connectivity index is 2.06. The van der Waals surface area contributed by atoms with Crippen molar-refractivity contribution in [2.45, 2.75) is 106 Å². The monoisotopic (exact) mass is 415 g/mol. The molecule has 0 bridgehead atoms. The molecule has 3 atom stereocenters. The molecule has 1 aromatic rings. The van der Waals surface area contributed by atoms with Crippen LogP contribution in [0.15, 0.2) is 18.2 Å². The SMILES string of the molecule is Cc1cc(OCCC(C)CCC[C@H](C)CCC[C@H](C)CCCC(C)C)ccc1[C]=O. The Morgan fingerprint density at radius 2 is 1.27 bits per heavy atom. The highest BCUT2D eigenvalue weighted by molar-refractivity contribution is 5.77. The van der Waals surface area contributed by atoms with E-state index in [0.717, 1.165) is 42.1 Å². The number of hydrogen-bond donors (Lipinski definition) is 0. The lowest BCUT2D eigenvalue weighted by atomic mass is 9.91. The highest BCUT2D eigenvalue weighted by Gasteiger charge is 2.09. The van der Waals surface area contributed by atoms with Gasteiger partial charge in [0.2, 0.25) is 6.29 Å². The smallest absolute Gasteiger partial charge is 0.233 e. The van der Waals surface area contributed by atoms with Crippen molar-refractivity contribution in [3.8, 4) is 5.75 Å². The van der Waals surface area contributed by atoms with Gasteiger partial charge in [-0.25, -0.2) is 0 Å². The Morgan fingerprint density at radius 1 is 0.767 bits per heavy atom. The summed E-state index contributed by atoms with van der Waals surface area (Å²) in [7, 11) is 0. The first kappa shape index (κ1) is 26.7. The number of ether oxygens (including phenoxy) is 1. The van der Waals surface area contributed by atoms with Gasteiger partial charge in [0.1, 0.15) is 5.75 Å². The van der Waals surface area contributed by atoms with Crippen LogP contribution in [-0.4, -0.2) is 12.9 Å². The van der Waals surface area contributed by atoms with Crippen molar-refractivity contribution in [2.24, 2.45) is 23.7 Å². The molecule has 0 fully saturated rings. The maximum Gasteiger partial charge on any atom is 0.233 e. The Morgan fingerprint density at radius 3 is 1.73 bits per heavy atom. The van der Waals surface area contributed by atoms with Crippen molar-refractivity contribution in [1.82, 2.24) is 0 Å². The molecule has 0 saturated carbocycles. The van der Waals surface area contributed by atoms with Gasteiger partial charge in [0.25, 0.3) is 0 Å². The lowest BCUT2D eigenvalue weighted by Gasteiger charge is -2.16. The van der Waals surface area contributed by atoms with Crippen LogP contribution >= 0.6 is 0 Å². The third kappa shape index (κ3) is 12.4. The molecule has 1 aromatic carbocycles. The predicted octanol–water partition coefficient (Wildman–Crippen LogP) is 8.30. The minimum absolute atomic E-state index is 0.616. The number of carbonyl (C=O) groups excluding carboxylic acids is 1. The molecule has 171 valence electrons. The normalized spacial score (nSPS) is 14.5. The van der Waals surface area contributed by atoms with Gasteiger partial charge in [0.05, 0.1) is 6.61 Å².